The van der Waals surface area contributed by atoms with E-state index in [1.807, 2.05) is 12.4 Å². The molecule has 2 atom stereocenters. The molecule has 1 saturated heterocycles. The van der Waals surface area contributed by atoms with E-state index in [1.54, 1.807) is 0 Å². The summed E-state index contributed by atoms with van der Waals surface area (Å²) in [5.74, 6) is 0.694. The maximum absolute atomic E-state index is 4.12. The number of likely N-dealkylation sites (tertiary alicyclic amines) is 1. The van der Waals surface area contributed by atoms with Crippen LogP contribution < -0.4 is 0 Å². The molecule has 2 aromatic rings. The van der Waals surface area contributed by atoms with Crippen LogP contribution in [-0.4, -0.2) is 22.5 Å². The van der Waals surface area contributed by atoms with Gasteiger partial charge in [-0.3, -0.25) is 9.88 Å². The second kappa shape index (κ2) is 6.19. The van der Waals surface area contributed by atoms with E-state index in [1.165, 1.54) is 30.5 Å². The van der Waals surface area contributed by atoms with E-state index < -0.39 is 0 Å². The Morgan fingerprint density at radius 2 is 1.85 bits per heavy atom. The van der Waals surface area contributed by atoms with Gasteiger partial charge in [-0.2, -0.15) is 0 Å². The zero-order valence-corrected chi connectivity index (χ0v) is 12.1. The first-order chi connectivity index (χ1) is 9.83. The van der Waals surface area contributed by atoms with E-state index >= 15 is 0 Å². The third-order valence-electron chi connectivity index (χ3n) is 4.42. The largest absolute Gasteiger partial charge is 0.296 e. The average molecular weight is 266 g/mol. The molecule has 104 valence electrons. The van der Waals surface area contributed by atoms with Crippen molar-refractivity contribution in [1.82, 2.24) is 9.88 Å². The lowest BCUT2D eigenvalue weighted by molar-refractivity contribution is 0.138. The molecule has 0 bridgehead atoms. The maximum atomic E-state index is 4.12. The van der Waals surface area contributed by atoms with Gasteiger partial charge in [-0.1, -0.05) is 30.3 Å². The zero-order chi connectivity index (χ0) is 13.8. The van der Waals surface area contributed by atoms with Crippen LogP contribution in [0.25, 0.3) is 0 Å². The Hall–Kier alpha value is -1.67. The number of benzene rings is 1. The molecule has 2 unspecified atom stereocenters. The number of rotatable bonds is 3. The molecule has 3 rings (SSSR count). The first-order valence-corrected chi connectivity index (χ1v) is 7.51. The highest BCUT2D eigenvalue weighted by Gasteiger charge is 2.26. The molecule has 2 nitrogen and oxygen atoms in total. The van der Waals surface area contributed by atoms with Crippen LogP contribution >= 0.6 is 0 Å². The van der Waals surface area contributed by atoms with Crippen molar-refractivity contribution in [3.63, 3.8) is 0 Å². The second-order valence-corrected chi connectivity index (χ2v) is 5.81. The number of piperidine rings is 1. The summed E-state index contributed by atoms with van der Waals surface area (Å²) in [5, 5.41) is 0. The van der Waals surface area contributed by atoms with Crippen molar-refractivity contribution < 1.29 is 0 Å². The summed E-state index contributed by atoms with van der Waals surface area (Å²) in [7, 11) is 0. The molecular weight excluding hydrogens is 244 g/mol. The van der Waals surface area contributed by atoms with Gasteiger partial charge in [-0.25, -0.2) is 0 Å². The molecule has 0 N–H and O–H groups in total. The number of hydrogen-bond acceptors (Lipinski definition) is 2. The van der Waals surface area contributed by atoms with Crippen molar-refractivity contribution in [1.29, 1.82) is 0 Å². The van der Waals surface area contributed by atoms with E-state index in [0.717, 1.165) is 6.54 Å². The van der Waals surface area contributed by atoms with Crippen LogP contribution in [0.15, 0.2) is 54.9 Å². The van der Waals surface area contributed by atoms with E-state index in [4.69, 9.17) is 0 Å². The maximum Gasteiger partial charge on any atom is 0.0270 e. The van der Waals surface area contributed by atoms with Gasteiger partial charge in [-0.05, 0) is 55.5 Å². The highest BCUT2D eigenvalue weighted by Crippen LogP contribution is 2.31. The fourth-order valence-corrected chi connectivity index (χ4v) is 3.21. The standard InChI is InChI=1S/C18H22N2/c1-15-13-18(17-7-10-19-11-8-17)9-12-20(15)14-16-5-3-2-4-6-16/h2-8,10-11,15,18H,9,12-14H2,1H3. The smallest absolute Gasteiger partial charge is 0.0270 e. The molecule has 0 saturated carbocycles. The van der Waals surface area contributed by atoms with Crippen LogP contribution in [0.4, 0.5) is 0 Å². The monoisotopic (exact) mass is 266 g/mol. The summed E-state index contributed by atoms with van der Waals surface area (Å²) in [6, 6.07) is 15.8. The third kappa shape index (κ3) is 3.07. The van der Waals surface area contributed by atoms with E-state index in [2.05, 4.69) is 59.3 Å². The van der Waals surface area contributed by atoms with E-state index in [-0.39, 0.29) is 0 Å². The Kier molecular flexibility index (Phi) is 4.12. The van der Waals surface area contributed by atoms with Gasteiger partial charge in [0, 0.05) is 25.0 Å². The zero-order valence-electron chi connectivity index (χ0n) is 12.1. The van der Waals surface area contributed by atoms with Crippen molar-refractivity contribution in [2.45, 2.75) is 38.3 Å². The first-order valence-electron chi connectivity index (χ1n) is 7.51. The first kappa shape index (κ1) is 13.3. The average Bonchev–Trinajstić information content (AvgIpc) is 2.51. The molecule has 1 aromatic heterocycles. The van der Waals surface area contributed by atoms with Gasteiger partial charge in [0.1, 0.15) is 0 Å². The lowest BCUT2D eigenvalue weighted by Gasteiger charge is -2.38. The molecule has 0 radical (unpaired) electrons. The number of nitrogens with zero attached hydrogens (tertiary/aromatic N) is 2. The van der Waals surface area contributed by atoms with E-state index in [9.17, 15) is 0 Å². The van der Waals surface area contributed by atoms with Gasteiger partial charge in [-0.15, -0.1) is 0 Å². The van der Waals surface area contributed by atoms with Gasteiger partial charge >= 0.3 is 0 Å². The fraction of sp³-hybridized carbons (Fsp3) is 0.389. The van der Waals surface area contributed by atoms with Crippen molar-refractivity contribution in [2.75, 3.05) is 6.54 Å². The summed E-state index contributed by atoms with van der Waals surface area (Å²) in [6.45, 7) is 4.62. The molecule has 20 heavy (non-hydrogen) atoms. The number of pyridine rings is 1. The Bertz CT molecular complexity index is 524. The molecule has 1 aromatic carbocycles. The van der Waals surface area contributed by atoms with Crippen LogP contribution in [0.1, 0.15) is 36.8 Å². The topological polar surface area (TPSA) is 16.1 Å². The van der Waals surface area contributed by atoms with Gasteiger partial charge in [0.2, 0.25) is 0 Å². The molecule has 0 spiro atoms. The minimum absolute atomic E-state index is 0.641. The lowest BCUT2D eigenvalue weighted by atomic mass is 9.86. The predicted octanol–water partition coefficient (Wildman–Crippen LogP) is 3.85. The van der Waals surface area contributed by atoms with Crippen LogP contribution in [0.3, 0.4) is 0 Å². The fourth-order valence-electron chi connectivity index (χ4n) is 3.21. The van der Waals surface area contributed by atoms with E-state index in [0.29, 0.717) is 12.0 Å². The van der Waals surface area contributed by atoms with Crippen molar-refractivity contribution in [2.24, 2.45) is 0 Å². The summed E-state index contributed by atoms with van der Waals surface area (Å²) in [6.07, 6.45) is 6.32. The SMILES string of the molecule is CC1CC(c2ccncc2)CCN1Cc1ccccc1. The molecule has 0 aliphatic carbocycles. The highest BCUT2D eigenvalue weighted by molar-refractivity contribution is 5.18. The summed E-state index contributed by atoms with van der Waals surface area (Å²) in [4.78, 5) is 6.72. The highest BCUT2D eigenvalue weighted by atomic mass is 15.2. The Morgan fingerprint density at radius 1 is 1.10 bits per heavy atom. The van der Waals surface area contributed by atoms with Gasteiger partial charge in [0.15, 0.2) is 0 Å². The van der Waals surface area contributed by atoms with Gasteiger partial charge in [0.05, 0.1) is 0 Å². The molecule has 2 heteroatoms. The Balaban J connectivity index is 1.63. The number of hydrogen-bond donors (Lipinski definition) is 0. The van der Waals surface area contributed by atoms with Crippen molar-refractivity contribution in [3.05, 3.63) is 66.0 Å². The number of aromatic nitrogens is 1. The normalized spacial score (nSPS) is 23.6. The van der Waals surface area contributed by atoms with Crippen LogP contribution in [-0.2, 0) is 6.54 Å². The predicted molar refractivity (Wildman–Crippen MR) is 82.5 cm³/mol. The van der Waals surface area contributed by atoms with Crippen molar-refractivity contribution in [3.8, 4) is 0 Å². The minimum Gasteiger partial charge on any atom is -0.296 e. The molecule has 2 heterocycles. The van der Waals surface area contributed by atoms with Gasteiger partial charge < -0.3 is 0 Å². The molecule has 1 fully saturated rings. The molecular formula is C18H22N2. The second-order valence-electron chi connectivity index (χ2n) is 5.81. The summed E-state index contributed by atoms with van der Waals surface area (Å²) < 4.78 is 0. The molecule has 0 amide bonds. The summed E-state index contributed by atoms with van der Waals surface area (Å²) in [5.41, 5.74) is 2.87. The Labute approximate surface area is 121 Å². The van der Waals surface area contributed by atoms with Crippen molar-refractivity contribution >= 4 is 0 Å². The van der Waals surface area contributed by atoms with Crippen LogP contribution in [0.2, 0.25) is 0 Å². The minimum atomic E-state index is 0.641. The van der Waals surface area contributed by atoms with Crippen LogP contribution in [0.5, 0.6) is 0 Å². The quantitative estimate of drug-likeness (QED) is 0.839. The molecule has 1 aliphatic heterocycles. The molecule has 1 aliphatic rings. The third-order valence-corrected chi connectivity index (χ3v) is 4.42. The van der Waals surface area contributed by atoms with Gasteiger partial charge in [0.25, 0.3) is 0 Å². The van der Waals surface area contributed by atoms with Crippen LogP contribution in [0, 0.1) is 0 Å². The Morgan fingerprint density at radius 3 is 2.55 bits per heavy atom. The summed E-state index contributed by atoms with van der Waals surface area (Å²) >= 11 is 0. The lowest BCUT2D eigenvalue weighted by Crippen LogP contribution is -2.39.